The van der Waals surface area contributed by atoms with Gasteiger partial charge in [0.15, 0.2) is 0 Å². The van der Waals surface area contributed by atoms with Gasteiger partial charge in [0.25, 0.3) is 0 Å². The molecule has 0 spiro atoms. The van der Waals surface area contributed by atoms with Crippen LogP contribution in [0.5, 0.6) is 0 Å². The highest BCUT2D eigenvalue weighted by Gasteiger charge is 2.18. The maximum Gasteiger partial charge on any atom is 0.333 e. The fraction of sp³-hybridized carbons (Fsp3) is 0.467. The molecule has 19 heavy (non-hydrogen) atoms. The molecule has 1 fully saturated rings. The summed E-state index contributed by atoms with van der Waals surface area (Å²) < 4.78 is 5.32. The first-order valence-corrected chi connectivity index (χ1v) is 6.36. The third-order valence-corrected chi connectivity index (χ3v) is 2.68. The van der Waals surface area contributed by atoms with Crippen molar-refractivity contribution >= 4 is 11.9 Å². The highest BCUT2D eigenvalue weighted by molar-refractivity contribution is 5.88. The van der Waals surface area contributed by atoms with Gasteiger partial charge in [-0.05, 0) is 32.1 Å². The third-order valence-electron chi connectivity index (χ3n) is 2.68. The van der Waals surface area contributed by atoms with E-state index in [2.05, 4.69) is 19.7 Å². The molecule has 0 aromatic heterocycles. The number of carboxylic acids is 1. The Morgan fingerprint density at radius 2 is 1.74 bits per heavy atom. The summed E-state index contributed by atoms with van der Waals surface area (Å²) in [6.45, 7) is 10.2. The maximum absolute atomic E-state index is 11.4. The van der Waals surface area contributed by atoms with E-state index >= 15 is 0 Å². The lowest BCUT2D eigenvalue weighted by Crippen LogP contribution is -2.21. The SMILES string of the molecule is C=CC(=O)O.C=CCC(=C)C(=O)OC1CCCCC1. The Morgan fingerprint density at radius 3 is 2.16 bits per heavy atom. The van der Waals surface area contributed by atoms with E-state index in [1.54, 1.807) is 6.08 Å². The molecule has 0 aromatic carbocycles. The normalized spacial score (nSPS) is 14.5. The van der Waals surface area contributed by atoms with Gasteiger partial charge in [-0.1, -0.05) is 25.7 Å². The van der Waals surface area contributed by atoms with Crippen molar-refractivity contribution in [2.75, 3.05) is 0 Å². The number of rotatable bonds is 5. The lowest BCUT2D eigenvalue weighted by molar-refractivity contribution is -0.145. The topological polar surface area (TPSA) is 63.6 Å². The number of carboxylic acid groups (broad SMARTS) is 1. The van der Waals surface area contributed by atoms with Crippen LogP contribution in [0, 0.1) is 0 Å². The van der Waals surface area contributed by atoms with Crippen molar-refractivity contribution in [2.45, 2.75) is 44.6 Å². The minimum atomic E-state index is -0.981. The molecule has 0 amide bonds. The van der Waals surface area contributed by atoms with Crippen LogP contribution in [0.3, 0.4) is 0 Å². The summed E-state index contributed by atoms with van der Waals surface area (Å²) in [7, 11) is 0. The Morgan fingerprint density at radius 1 is 1.21 bits per heavy atom. The standard InChI is InChI=1S/C12H18O2.C3H4O2/c1-3-7-10(2)12(13)14-11-8-5-4-6-9-11;1-2-3(4)5/h3,11H,1-2,4-9H2;2H,1H2,(H,4,5). The lowest BCUT2D eigenvalue weighted by Gasteiger charge is -2.22. The molecule has 1 aliphatic rings. The van der Waals surface area contributed by atoms with Crippen molar-refractivity contribution in [3.05, 3.63) is 37.5 Å². The van der Waals surface area contributed by atoms with Crippen LogP contribution in [0.2, 0.25) is 0 Å². The van der Waals surface area contributed by atoms with Gasteiger partial charge >= 0.3 is 11.9 Å². The van der Waals surface area contributed by atoms with Gasteiger partial charge < -0.3 is 9.84 Å². The number of allylic oxidation sites excluding steroid dienone is 1. The van der Waals surface area contributed by atoms with Crippen LogP contribution in [0.15, 0.2) is 37.5 Å². The van der Waals surface area contributed by atoms with E-state index in [-0.39, 0.29) is 12.1 Å². The smallest absolute Gasteiger partial charge is 0.333 e. The Bertz CT molecular complexity index is 338. The summed E-state index contributed by atoms with van der Waals surface area (Å²) >= 11 is 0. The first-order valence-electron chi connectivity index (χ1n) is 6.36. The zero-order valence-corrected chi connectivity index (χ0v) is 11.3. The first kappa shape index (κ1) is 17.2. The molecule has 0 aliphatic heterocycles. The second kappa shape index (κ2) is 10.1. The van der Waals surface area contributed by atoms with E-state index in [1.807, 2.05) is 0 Å². The van der Waals surface area contributed by atoms with Crippen molar-refractivity contribution in [2.24, 2.45) is 0 Å². The number of hydrogen-bond donors (Lipinski definition) is 1. The van der Waals surface area contributed by atoms with E-state index in [1.165, 1.54) is 19.3 Å². The Labute approximate surface area is 114 Å². The molecule has 0 atom stereocenters. The molecular weight excluding hydrogens is 244 g/mol. The molecule has 0 saturated heterocycles. The van der Waals surface area contributed by atoms with Gasteiger partial charge in [-0.15, -0.1) is 6.58 Å². The molecular formula is C15H22O4. The maximum atomic E-state index is 11.4. The number of carbonyl (C=O) groups is 2. The number of ether oxygens (including phenoxy) is 1. The van der Waals surface area contributed by atoms with Crippen molar-refractivity contribution < 1.29 is 19.4 Å². The zero-order chi connectivity index (χ0) is 14.7. The number of aliphatic carboxylic acids is 1. The average molecular weight is 266 g/mol. The highest BCUT2D eigenvalue weighted by Crippen LogP contribution is 2.21. The highest BCUT2D eigenvalue weighted by atomic mass is 16.5. The predicted octanol–water partition coefficient (Wildman–Crippen LogP) is 3.25. The van der Waals surface area contributed by atoms with E-state index < -0.39 is 5.97 Å². The van der Waals surface area contributed by atoms with Crippen molar-refractivity contribution in [1.82, 2.24) is 0 Å². The molecule has 0 aromatic rings. The minimum Gasteiger partial charge on any atom is -0.478 e. The molecule has 4 nitrogen and oxygen atoms in total. The summed E-state index contributed by atoms with van der Waals surface area (Å²) in [6.07, 6.45) is 8.77. The summed E-state index contributed by atoms with van der Waals surface area (Å²) in [5, 5.41) is 7.60. The van der Waals surface area contributed by atoms with Gasteiger partial charge in [0, 0.05) is 11.6 Å². The van der Waals surface area contributed by atoms with Crippen LogP contribution in [0.4, 0.5) is 0 Å². The van der Waals surface area contributed by atoms with Crippen LogP contribution >= 0.6 is 0 Å². The van der Waals surface area contributed by atoms with Crippen molar-refractivity contribution in [1.29, 1.82) is 0 Å². The Hall–Kier alpha value is -1.84. The second-order valence-corrected chi connectivity index (χ2v) is 4.30. The number of carbonyl (C=O) groups excluding carboxylic acids is 1. The van der Waals surface area contributed by atoms with E-state index in [0.717, 1.165) is 18.9 Å². The molecule has 1 N–H and O–H groups in total. The van der Waals surface area contributed by atoms with E-state index in [9.17, 15) is 9.59 Å². The molecule has 0 heterocycles. The molecule has 106 valence electrons. The van der Waals surface area contributed by atoms with Gasteiger partial charge in [-0.25, -0.2) is 9.59 Å². The van der Waals surface area contributed by atoms with Crippen molar-refractivity contribution in [3.8, 4) is 0 Å². The van der Waals surface area contributed by atoms with E-state index in [0.29, 0.717) is 12.0 Å². The predicted molar refractivity (Wildman–Crippen MR) is 74.8 cm³/mol. The lowest BCUT2D eigenvalue weighted by atomic mass is 9.98. The summed E-state index contributed by atoms with van der Waals surface area (Å²) in [5.74, 6) is -1.23. The van der Waals surface area contributed by atoms with Crippen LogP contribution in [0.1, 0.15) is 38.5 Å². The van der Waals surface area contributed by atoms with Gasteiger partial charge in [-0.2, -0.15) is 0 Å². The molecule has 4 heteroatoms. The largest absolute Gasteiger partial charge is 0.478 e. The van der Waals surface area contributed by atoms with Crippen LogP contribution in [-0.4, -0.2) is 23.1 Å². The summed E-state index contributed by atoms with van der Waals surface area (Å²) in [5.41, 5.74) is 0.505. The zero-order valence-electron chi connectivity index (χ0n) is 11.3. The van der Waals surface area contributed by atoms with Gasteiger partial charge in [0.1, 0.15) is 6.10 Å². The van der Waals surface area contributed by atoms with Crippen LogP contribution in [-0.2, 0) is 14.3 Å². The number of hydrogen-bond acceptors (Lipinski definition) is 3. The fourth-order valence-corrected chi connectivity index (χ4v) is 1.68. The molecule has 1 rings (SSSR count). The molecule has 0 unspecified atom stereocenters. The quantitative estimate of drug-likeness (QED) is 0.471. The van der Waals surface area contributed by atoms with Gasteiger partial charge in [0.05, 0.1) is 0 Å². The van der Waals surface area contributed by atoms with E-state index in [4.69, 9.17) is 9.84 Å². The molecule has 1 aliphatic carbocycles. The average Bonchev–Trinajstić information content (AvgIpc) is 2.40. The first-order chi connectivity index (χ1) is 9.01. The monoisotopic (exact) mass is 266 g/mol. The number of esters is 1. The fourth-order valence-electron chi connectivity index (χ4n) is 1.68. The van der Waals surface area contributed by atoms with Gasteiger partial charge in [0.2, 0.25) is 0 Å². The molecule has 0 radical (unpaired) electrons. The molecule has 1 saturated carbocycles. The van der Waals surface area contributed by atoms with Crippen LogP contribution < -0.4 is 0 Å². The minimum absolute atomic E-state index is 0.123. The third kappa shape index (κ3) is 8.83. The van der Waals surface area contributed by atoms with Crippen LogP contribution in [0.25, 0.3) is 0 Å². The summed E-state index contributed by atoms with van der Waals surface area (Å²) in [4.78, 5) is 20.7. The van der Waals surface area contributed by atoms with Gasteiger partial charge in [-0.3, -0.25) is 0 Å². The Kier molecular flexibility index (Phi) is 9.14. The second-order valence-electron chi connectivity index (χ2n) is 4.30. The summed E-state index contributed by atoms with van der Waals surface area (Å²) in [6, 6.07) is 0. The van der Waals surface area contributed by atoms with Crippen molar-refractivity contribution in [3.63, 3.8) is 0 Å². The Balaban J connectivity index is 0.000000555. The molecule has 0 bridgehead atoms.